The van der Waals surface area contributed by atoms with Crippen molar-refractivity contribution in [2.75, 3.05) is 0 Å². The van der Waals surface area contributed by atoms with Crippen molar-refractivity contribution in [1.29, 1.82) is 0 Å². The van der Waals surface area contributed by atoms with Crippen LogP contribution >= 0.6 is 0 Å². The third-order valence-electron chi connectivity index (χ3n) is 3.63. The van der Waals surface area contributed by atoms with Crippen molar-refractivity contribution in [3.63, 3.8) is 0 Å². The number of aromatic hydroxyl groups is 1. The number of aryl methyl sites for hydroxylation is 2. The Morgan fingerprint density at radius 2 is 1.82 bits per heavy atom. The third kappa shape index (κ3) is 2.51. The van der Waals surface area contributed by atoms with Gasteiger partial charge in [0.25, 0.3) is 0 Å². The molecule has 0 saturated heterocycles. The zero-order chi connectivity index (χ0) is 15.1. The molecule has 0 bridgehead atoms. The Morgan fingerprint density at radius 3 is 2.50 bits per heavy atom. The molecule has 0 unspecified atom stereocenters. The second-order valence-corrected chi connectivity index (χ2v) is 5.14. The largest absolute Gasteiger partial charge is 0.512 e. The van der Waals surface area contributed by atoms with Crippen LogP contribution in [-0.2, 0) is 16.8 Å². The van der Waals surface area contributed by atoms with Gasteiger partial charge in [-0.1, -0.05) is 19.1 Å². The Bertz CT molecular complexity index is 791. The van der Waals surface area contributed by atoms with Crippen molar-refractivity contribution in [1.82, 2.24) is 0 Å². The van der Waals surface area contributed by atoms with Crippen molar-refractivity contribution < 1.29 is 31.7 Å². The second-order valence-electron chi connectivity index (χ2n) is 5.14. The first-order valence-electron chi connectivity index (χ1n) is 6.60. The monoisotopic (exact) mass is 338 g/mol. The molecule has 2 aromatic rings. The van der Waals surface area contributed by atoms with Gasteiger partial charge in [-0.2, -0.15) is 12.1 Å². The molecule has 2 N–H and O–H groups in total. The van der Waals surface area contributed by atoms with E-state index in [4.69, 9.17) is 4.74 Å². The average molecular weight is 338 g/mol. The summed E-state index contributed by atoms with van der Waals surface area (Å²) in [4.78, 5) is 0. The standard InChI is InChI=1S/C18H15O3.Co/c1-10-5-4-6-15-16(10)12(3)17(20)18(21-15)13-7-8-14(19)11(2)9-13;/h5-9,19-20H,3H2,1-2H3;/q-1;. The fraction of sp³-hybridized carbons (Fsp3) is 0.111. The van der Waals surface area contributed by atoms with Crippen LogP contribution in [0.5, 0.6) is 11.5 Å². The number of benzene rings is 2. The van der Waals surface area contributed by atoms with Crippen molar-refractivity contribution in [2.45, 2.75) is 13.8 Å². The van der Waals surface area contributed by atoms with Gasteiger partial charge in [-0.3, -0.25) is 0 Å². The molecule has 22 heavy (non-hydrogen) atoms. The minimum atomic E-state index is 0. The van der Waals surface area contributed by atoms with Crippen molar-refractivity contribution in [3.05, 3.63) is 71.0 Å². The van der Waals surface area contributed by atoms with E-state index in [9.17, 15) is 10.2 Å². The predicted octanol–water partition coefficient (Wildman–Crippen LogP) is 4.14. The van der Waals surface area contributed by atoms with Crippen molar-refractivity contribution >= 4 is 11.3 Å². The van der Waals surface area contributed by atoms with Crippen LogP contribution in [-0.4, -0.2) is 10.2 Å². The van der Waals surface area contributed by atoms with Gasteiger partial charge in [0, 0.05) is 28.1 Å². The predicted molar refractivity (Wildman–Crippen MR) is 82.1 cm³/mol. The summed E-state index contributed by atoms with van der Waals surface area (Å²) in [6.45, 7) is 7.68. The number of hydrogen-bond acceptors (Lipinski definition) is 3. The summed E-state index contributed by atoms with van der Waals surface area (Å²) in [7, 11) is 0. The van der Waals surface area contributed by atoms with Gasteiger partial charge in [0.05, 0.1) is 0 Å². The van der Waals surface area contributed by atoms with Crippen molar-refractivity contribution in [2.24, 2.45) is 0 Å². The molecule has 0 spiro atoms. The molecule has 1 radical (unpaired) electrons. The molecule has 0 saturated carbocycles. The van der Waals surface area contributed by atoms with Crippen LogP contribution in [0.2, 0.25) is 0 Å². The maximum absolute atomic E-state index is 10.4. The number of phenolic OH excluding ortho intramolecular Hbond substituents is 1. The second kappa shape index (κ2) is 5.91. The first-order valence-corrected chi connectivity index (χ1v) is 6.60. The number of allylic oxidation sites excluding steroid dienone is 1. The number of rotatable bonds is 1. The molecule has 0 atom stereocenters. The molecule has 2 aromatic carbocycles. The summed E-state index contributed by atoms with van der Waals surface area (Å²) in [6, 6.07) is 11.6. The van der Waals surface area contributed by atoms with Crippen LogP contribution in [0, 0.1) is 19.9 Å². The molecule has 4 heteroatoms. The fourth-order valence-electron chi connectivity index (χ4n) is 2.45. The molecular formula is C18H15CoO3-. The van der Waals surface area contributed by atoms with E-state index < -0.39 is 0 Å². The molecule has 1 aliphatic heterocycles. The molecule has 1 aliphatic rings. The molecule has 1 heterocycles. The SMILES string of the molecule is C=C1C(O)=C(c2ccc(O)c(C)c2)Oc2c[c-]cc(C)c21.[Co]. The number of ether oxygens (including phenoxy) is 1. The number of hydrogen-bond donors (Lipinski definition) is 2. The van der Waals surface area contributed by atoms with Crippen LogP contribution in [0.4, 0.5) is 0 Å². The third-order valence-corrected chi connectivity index (χ3v) is 3.63. The normalized spacial score (nSPS) is 13.3. The zero-order valence-electron chi connectivity index (χ0n) is 12.2. The molecular weight excluding hydrogens is 323 g/mol. The number of aliphatic hydroxyl groups excluding tert-OH is 1. The first-order chi connectivity index (χ1) is 9.99. The van der Waals surface area contributed by atoms with Crippen LogP contribution in [0.25, 0.3) is 11.3 Å². The molecule has 3 rings (SSSR count). The van der Waals surface area contributed by atoms with Gasteiger partial charge < -0.3 is 14.9 Å². The smallest absolute Gasteiger partial charge is 0.162 e. The number of aliphatic hydroxyl groups is 1. The van der Waals surface area contributed by atoms with Gasteiger partial charge in [-0.25, -0.2) is 0 Å². The van der Waals surface area contributed by atoms with Gasteiger partial charge in [0.1, 0.15) is 5.75 Å². The Hall–Kier alpha value is -2.17. The minimum Gasteiger partial charge on any atom is -0.512 e. The number of phenols is 1. The van der Waals surface area contributed by atoms with E-state index in [1.807, 2.05) is 13.0 Å². The Kier molecular flexibility index (Phi) is 4.35. The number of fused-ring (bicyclic) bond motifs is 1. The van der Waals surface area contributed by atoms with Gasteiger partial charge >= 0.3 is 0 Å². The summed E-state index contributed by atoms with van der Waals surface area (Å²) in [5.41, 5.74) is 3.68. The minimum absolute atomic E-state index is 0. The molecule has 0 fully saturated rings. The van der Waals surface area contributed by atoms with E-state index in [1.165, 1.54) is 0 Å². The Labute approximate surface area is 139 Å². The van der Waals surface area contributed by atoms with E-state index in [2.05, 4.69) is 12.6 Å². The van der Waals surface area contributed by atoms with Crippen LogP contribution in [0.15, 0.2) is 42.7 Å². The van der Waals surface area contributed by atoms with Gasteiger partial charge in [-0.15, -0.1) is 11.6 Å². The molecule has 0 aliphatic carbocycles. The maximum Gasteiger partial charge on any atom is 0.162 e. The molecule has 0 aromatic heterocycles. The van der Waals surface area contributed by atoms with E-state index >= 15 is 0 Å². The summed E-state index contributed by atoms with van der Waals surface area (Å²) in [6.07, 6.45) is 0. The van der Waals surface area contributed by atoms with Crippen molar-refractivity contribution in [3.8, 4) is 11.5 Å². The zero-order valence-corrected chi connectivity index (χ0v) is 13.3. The molecule has 0 amide bonds. The van der Waals surface area contributed by atoms with Gasteiger partial charge in [0.2, 0.25) is 0 Å². The van der Waals surface area contributed by atoms with E-state index in [1.54, 1.807) is 31.2 Å². The van der Waals surface area contributed by atoms with Gasteiger partial charge in [-0.05, 0) is 36.3 Å². The summed E-state index contributed by atoms with van der Waals surface area (Å²) in [5, 5.41) is 20.0. The summed E-state index contributed by atoms with van der Waals surface area (Å²) in [5.74, 6) is 1.19. The van der Waals surface area contributed by atoms with E-state index in [0.29, 0.717) is 28.2 Å². The van der Waals surface area contributed by atoms with E-state index in [0.717, 1.165) is 11.1 Å². The Balaban J connectivity index is 0.00000176. The van der Waals surface area contributed by atoms with Gasteiger partial charge in [0.15, 0.2) is 11.5 Å². The maximum atomic E-state index is 10.4. The fourth-order valence-corrected chi connectivity index (χ4v) is 2.45. The topological polar surface area (TPSA) is 49.7 Å². The molecule has 3 nitrogen and oxygen atoms in total. The summed E-state index contributed by atoms with van der Waals surface area (Å²) < 4.78 is 5.83. The van der Waals surface area contributed by atoms with E-state index in [-0.39, 0.29) is 28.3 Å². The summed E-state index contributed by atoms with van der Waals surface area (Å²) >= 11 is 0. The van der Waals surface area contributed by atoms with Crippen LogP contribution < -0.4 is 4.74 Å². The van der Waals surface area contributed by atoms with Crippen LogP contribution in [0.1, 0.15) is 22.3 Å². The Morgan fingerprint density at radius 1 is 1.09 bits per heavy atom. The average Bonchev–Trinajstić information content (AvgIpc) is 2.46. The first kappa shape index (κ1) is 16.2. The quantitative estimate of drug-likeness (QED) is 0.769. The molecule has 115 valence electrons. The van der Waals surface area contributed by atoms with Crippen LogP contribution in [0.3, 0.4) is 0 Å².